The van der Waals surface area contributed by atoms with Gasteiger partial charge in [-0.25, -0.2) is 0 Å². The summed E-state index contributed by atoms with van der Waals surface area (Å²) in [7, 11) is 1.54. The Kier molecular flexibility index (Phi) is 7.10. The van der Waals surface area contributed by atoms with Gasteiger partial charge in [0.25, 0.3) is 11.8 Å². The molecule has 0 bridgehead atoms. The first-order valence-electron chi connectivity index (χ1n) is 10.5. The maximum Gasteiger partial charge on any atom is 0.289 e. The summed E-state index contributed by atoms with van der Waals surface area (Å²) in [4.78, 5) is 27.1. The molecule has 0 saturated heterocycles. The Morgan fingerprint density at radius 1 is 1.00 bits per heavy atom. The van der Waals surface area contributed by atoms with E-state index < -0.39 is 23.6 Å². The van der Waals surface area contributed by atoms with Gasteiger partial charge in [0.05, 0.1) is 21.7 Å². The van der Waals surface area contributed by atoms with Crippen LogP contribution in [0.25, 0.3) is 0 Å². The zero-order valence-electron chi connectivity index (χ0n) is 18.3. The molecule has 0 saturated carbocycles. The number of rotatable bonds is 7. The molecule has 6 nitrogen and oxygen atoms in total. The van der Waals surface area contributed by atoms with E-state index in [0.717, 1.165) is 11.1 Å². The highest BCUT2D eigenvalue weighted by molar-refractivity contribution is 6.42. The van der Waals surface area contributed by atoms with Crippen LogP contribution >= 0.6 is 23.2 Å². The number of carbonyl (C=O) groups excluding carboxylic acids is 2. The van der Waals surface area contributed by atoms with Gasteiger partial charge in [0.1, 0.15) is 12.4 Å². The number of carbonyl (C=O) groups is 2. The molecule has 2 amide bonds. The number of para-hydroxylation sites is 1. The van der Waals surface area contributed by atoms with Gasteiger partial charge in [-0.2, -0.15) is 0 Å². The summed E-state index contributed by atoms with van der Waals surface area (Å²) in [6, 6.07) is 21.0. The summed E-state index contributed by atoms with van der Waals surface area (Å²) in [5.74, 6) is -1.27. The highest BCUT2D eigenvalue weighted by atomic mass is 35.5. The molecule has 1 heterocycles. The smallest absolute Gasteiger partial charge is 0.289 e. The zero-order chi connectivity index (χ0) is 24.2. The first-order chi connectivity index (χ1) is 16.4. The fraction of sp³-hybridized carbons (Fsp3) is 0.154. The highest BCUT2D eigenvalue weighted by Gasteiger charge is 2.42. The number of hydrogen-bond acceptors (Lipinski definition) is 4. The monoisotopic (exact) mass is 496 g/mol. The van der Waals surface area contributed by atoms with E-state index >= 15 is 0 Å². The van der Waals surface area contributed by atoms with E-state index in [-0.39, 0.29) is 12.1 Å². The largest absolute Gasteiger partial charge is 0.503 e. The highest BCUT2D eigenvalue weighted by Crippen LogP contribution is 2.40. The van der Waals surface area contributed by atoms with Crippen LogP contribution in [0.1, 0.15) is 22.7 Å². The minimum absolute atomic E-state index is 0.0386. The average molecular weight is 497 g/mol. The van der Waals surface area contributed by atoms with E-state index in [4.69, 9.17) is 27.9 Å². The van der Waals surface area contributed by atoms with Crippen LogP contribution in [0.15, 0.2) is 84.1 Å². The fourth-order valence-corrected chi connectivity index (χ4v) is 4.14. The molecule has 1 atom stereocenters. The second-order valence-corrected chi connectivity index (χ2v) is 8.64. The molecule has 3 aromatic carbocycles. The number of hydrogen-bond donors (Lipinski definition) is 2. The topological polar surface area (TPSA) is 78.9 Å². The third kappa shape index (κ3) is 4.88. The van der Waals surface area contributed by atoms with Crippen molar-refractivity contribution in [3.8, 4) is 5.75 Å². The Morgan fingerprint density at radius 3 is 2.44 bits per heavy atom. The van der Waals surface area contributed by atoms with Crippen molar-refractivity contribution in [3.63, 3.8) is 0 Å². The van der Waals surface area contributed by atoms with Gasteiger partial charge in [-0.05, 0) is 29.3 Å². The van der Waals surface area contributed by atoms with Crippen molar-refractivity contribution >= 4 is 35.0 Å². The van der Waals surface area contributed by atoms with E-state index in [2.05, 4.69) is 5.32 Å². The number of ether oxygens (including phenoxy) is 1. The second-order valence-electron chi connectivity index (χ2n) is 7.82. The van der Waals surface area contributed by atoms with E-state index in [1.807, 2.05) is 36.4 Å². The summed E-state index contributed by atoms with van der Waals surface area (Å²) in [6.07, 6.45) is 0. The van der Waals surface area contributed by atoms with Gasteiger partial charge in [0.2, 0.25) is 0 Å². The molecule has 4 rings (SSSR count). The predicted molar refractivity (Wildman–Crippen MR) is 131 cm³/mol. The molecule has 8 heteroatoms. The SMILES string of the molecule is CN1C(=O)C(O)=C(C(=O)NCc2ccc(Cl)c(Cl)c2)C1c1ccccc1OCc1ccccc1. The van der Waals surface area contributed by atoms with Crippen molar-refractivity contribution in [1.29, 1.82) is 0 Å². The van der Waals surface area contributed by atoms with Gasteiger partial charge >= 0.3 is 0 Å². The lowest BCUT2D eigenvalue weighted by atomic mass is 9.97. The molecule has 1 unspecified atom stereocenters. The molecule has 0 fully saturated rings. The molecule has 0 aromatic heterocycles. The van der Waals surface area contributed by atoms with Crippen LogP contribution in [0.3, 0.4) is 0 Å². The third-order valence-corrected chi connectivity index (χ3v) is 6.31. The lowest BCUT2D eigenvalue weighted by Crippen LogP contribution is -2.31. The molecule has 0 aliphatic carbocycles. The van der Waals surface area contributed by atoms with Crippen LogP contribution in [-0.4, -0.2) is 28.9 Å². The molecule has 1 aliphatic rings. The van der Waals surface area contributed by atoms with E-state index in [1.165, 1.54) is 11.9 Å². The van der Waals surface area contributed by atoms with Gasteiger partial charge < -0.3 is 20.1 Å². The molecule has 34 heavy (non-hydrogen) atoms. The number of nitrogens with zero attached hydrogens (tertiary/aromatic N) is 1. The Balaban J connectivity index is 1.58. The van der Waals surface area contributed by atoms with Crippen LogP contribution in [-0.2, 0) is 22.7 Å². The summed E-state index contributed by atoms with van der Waals surface area (Å²) in [6.45, 7) is 0.458. The van der Waals surface area contributed by atoms with Crippen LogP contribution in [0.5, 0.6) is 5.75 Å². The Bertz CT molecular complexity index is 1260. The predicted octanol–water partition coefficient (Wildman–Crippen LogP) is 5.21. The standard InChI is InChI=1S/C26H22Cl2N2O4/c1-30-23(18-9-5-6-10-21(18)34-15-16-7-3-2-4-8-16)22(24(31)26(30)33)25(32)29-14-17-11-12-19(27)20(28)13-17/h2-13,23,31H,14-15H2,1H3,(H,29,32). The van der Waals surface area contributed by atoms with Crippen molar-refractivity contribution in [2.24, 2.45) is 0 Å². The van der Waals surface area contributed by atoms with Gasteiger partial charge in [0, 0.05) is 19.2 Å². The number of benzene rings is 3. The van der Waals surface area contributed by atoms with Gasteiger partial charge in [-0.1, -0.05) is 77.8 Å². The molecule has 3 aromatic rings. The van der Waals surface area contributed by atoms with Gasteiger partial charge in [0.15, 0.2) is 5.76 Å². The lowest BCUT2D eigenvalue weighted by molar-refractivity contribution is -0.128. The van der Waals surface area contributed by atoms with E-state index in [0.29, 0.717) is 28.0 Å². The number of aliphatic hydroxyl groups excluding tert-OH is 1. The summed E-state index contributed by atoms with van der Waals surface area (Å²) >= 11 is 12.0. The zero-order valence-corrected chi connectivity index (χ0v) is 19.8. The van der Waals surface area contributed by atoms with Crippen LogP contribution in [0.4, 0.5) is 0 Å². The van der Waals surface area contributed by atoms with Crippen LogP contribution in [0.2, 0.25) is 10.0 Å². The number of halogens is 2. The van der Waals surface area contributed by atoms with E-state index in [1.54, 1.807) is 36.4 Å². The van der Waals surface area contributed by atoms with Crippen molar-refractivity contribution in [2.75, 3.05) is 7.05 Å². The quantitative estimate of drug-likeness (QED) is 0.470. The first kappa shape index (κ1) is 23.7. The molecule has 2 N–H and O–H groups in total. The average Bonchev–Trinajstić information content (AvgIpc) is 3.08. The molecule has 174 valence electrons. The summed E-state index contributed by atoms with van der Waals surface area (Å²) < 4.78 is 6.04. The maximum atomic E-state index is 13.1. The molecule has 0 radical (unpaired) electrons. The van der Waals surface area contributed by atoms with Gasteiger partial charge in [-0.15, -0.1) is 0 Å². The minimum atomic E-state index is -0.812. The Hall–Kier alpha value is -3.48. The number of nitrogens with one attached hydrogen (secondary N) is 1. The van der Waals surface area contributed by atoms with Gasteiger partial charge in [-0.3, -0.25) is 9.59 Å². The fourth-order valence-electron chi connectivity index (χ4n) is 3.82. The number of aliphatic hydroxyl groups is 1. The third-order valence-electron chi connectivity index (χ3n) is 5.57. The van der Waals surface area contributed by atoms with Crippen LogP contribution in [0, 0.1) is 0 Å². The first-order valence-corrected chi connectivity index (χ1v) is 11.3. The molecule has 1 aliphatic heterocycles. The lowest BCUT2D eigenvalue weighted by Gasteiger charge is -2.25. The minimum Gasteiger partial charge on any atom is -0.503 e. The van der Waals surface area contributed by atoms with Crippen molar-refractivity contribution in [2.45, 2.75) is 19.2 Å². The second kappa shape index (κ2) is 10.2. The summed E-state index contributed by atoms with van der Waals surface area (Å²) in [5.41, 5.74) is 2.26. The van der Waals surface area contributed by atoms with Crippen molar-refractivity contribution in [3.05, 3.63) is 111 Å². The van der Waals surface area contributed by atoms with E-state index in [9.17, 15) is 14.7 Å². The maximum absolute atomic E-state index is 13.1. The normalized spacial score (nSPS) is 15.6. The molecule has 0 spiro atoms. The Labute approximate surface area is 207 Å². The summed E-state index contributed by atoms with van der Waals surface area (Å²) in [5, 5.41) is 14.1. The number of amides is 2. The molecular formula is C26H22Cl2N2O4. The Morgan fingerprint density at radius 2 is 1.71 bits per heavy atom. The van der Waals surface area contributed by atoms with Crippen molar-refractivity contribution in [1.82, 2.24) is 10.2 Å². The number of likely N-dealkylation sites (N-methyl/N-ethyl adjacent to an activating group) is 1. The van der Waals surface area contributed by atoms with Crippen LogP contribution < -0.4 is 10.1 Å². The van der Waals surface area contributed by atoms with Crippen molar-refractivity contribution < 1.29 is 19.4 Å². The molecular weight excluding hydrogens is 475 g/mol.